The molecule has 0 aliphatic carbocycles. The number of alkyl carbamates (subject to hydrolysis) is 1. The third kappa shape index (κ3) is 7.54. The number of hydrogen-bond acceptors (Lipinski definition) is 4. The molecule has 0 aliphatic heterocycles. The van der Waals surface area contributed by atoms with Crippen LogP contribution in [0.15, 0.2) is 0 Å². The fourth-order valence-electron chi connectivity index (χ4n) is 0.743. The summed E-state index contributed by atoms with van der Waals surface area (Å²) in [5, 5.41) is 2.12. The first-order valence-corrected chi connectivity index (χ1v) is 4.58. The van der Waals surface area contributed by atoms with Crippen molar-refractivity contribution >= 4 is 12.0 Å². The Hall–Kier alpha value is -1.10. The highest BCUT2D eigenvalue weighted by molar-refractivity contribution is 5.91. The van der Waals surface area contributed by atoms with E-state index in [1.54, 1.807) is 20.8 Å². The van der Waals surface area contributed by atoms with Crippen molar-refractivity contribution in [2.45, 2.75) is 39.2 Å². The molecule has 0 atom stereocenters. The van der Waals surface area contributed by atoms with Gasteiger partial charge in [-0.1, -0.05) is 0 Å². The molecule has 0 unspecified atom stereocenters. The number of ether oxygens (including phenoxy) is 1. The molecule has 0 aromatic heterocycles. The second-order valence-corrected chi connectivity index (χ2v) is 3.94. The van der Waals surface area contributed by atoms with Crippen molar-refractivity contribution in [3.8, 4) is 0 Å². The molecule has 0 bridgehead atoms. The zero-order valence-corrected chi connectivity index (χ0v) is 8.92. The van der Waals surface area contributed by atoms with Gasteiger partial charge < -0.3 is 10.5 Å². The minimum absolute atomic E-state index is 0.246. The zero-order chi connectivity index (χ0) is 11.2. The smallest absolute Gasteiger partial charge is 0.414 e. The van der Waals surface area contributed by atoms with E-state index in [1.165, 1.54) is 0 Å². The highest BCUT2D eigenvalue weighted by Crippen LogP contribution is 2.06. The molecule has 0 rings (SSSR count). The summed E-state index contributed by atoms with van der Waals surface area (Å²) in [5.74, 6) is -0.357. The first-order chi connectivity index (χ1) is 6.35. The summed E-state index contributed by atoms with van der Waals surface area (Å²) in [4.78, 5) is 22.1. The second kappa shape index (κ2) is 5.59. The van der Waals surface area contributed by atoms with E-state index >= 15 is 0 Å². The Labute approximate surface area is 84.0 Å². The van der Waals surface area contributed by atoms with E-state index in [-0.39, 0.29) is 12.3 Å². The monoisotopic (exact) mass is 202 g/mol. The van der Waals surface area contributed by atoms with Gasteiger partial charge in [0.25, 0.3) is 0 Å². The van der Waals surface area contributed by atoms with Crippen molar-refractivity contribution in [1.82, 2.24) is 5.32 Å². The molecule has 82 valence electrons. The Morgan fingerprint density at radius 2 is 1.93 bits per heavy atom. The highest BCUT2D eigenvalue weighted by Gasteiger charge is 2.17. The van der Waals surface area contributed by atoms with Gasteiger partial charge in [-0.05, 0) is 33.7 Å². The van der Waals surface area contributed by atoms with Crippen LogP contribution in [0.2, 0.25) is 0 Å². The van der Waals surface area contributed by atoms with Gasteiger partial charge in [0.05, 0.1) is 0 Å². The number of imide groups is 1. The summed E-state index contributed by atoms with van der Waals surface area (Å²) < 4.78 is 4.89. The van der Waals surface area contributed by atoms with Crippen molar-refractivity contribution in [3.05, 3.63) is 0 Å². The number of carbonyl (C=O) groups is 2. The molecular formula is C9H18N2O3. The van der Waals surface area contributed by atoms with Gasteiger partial charge in [-0.15, -0.1) is 0 Å². The van der Waals surface area contributed by atoms with E-state index in [0.29, 0.717) is 13.0 Å². The van der Waals surface area contributed by atoms with E-state index in [1.807, 2.05) is 0 Å². The number of carbonyl (C=O) groups excluding carboxylic acids is 2. The van der Waals surface area contributed by atoms with Crippen LogP contribution < -0.4 is 11.1 Å². The minimum Gasteiger partial charge on any atom is -0.444 e. The van der Waals surface area contributed by atoms with Gasteiger partial charge in [-0.2, -0.15) is 0 Å². The summed E-state index contributed by atoms with van der Waals surface area (Å²) in [6.45, 7) is 5.63. The SMILES string of the molecule is CC(C)(C)OC(=O)NC(=O)CCCN. The molecule has 2 amide bonds. The maximum Gasteiger partial charge on any atom is 0.414 e. The van der Waals surface area contributed by atoms with Crippen LogP contribution in [0.1, 0.15) is 33.6 Å². The molecule has 0 spiro atoms. The molecule has 0 heterocycles. The lowest BCUT2D eigenvalue weighted by Crippen LogP contribution is -2.36. The van der Waals surface area contributed by atoms with Gasteiger partial charge in [0.15, 0.2) is 0 Å². The molecule has 0 aliphatic rings. The normalized spacial score (nSPS) is 10.9. The first kappa shape index (κ1) is 12.9. The summed E-state index contributed by atoms with van der Waals surface area (Å²) in [6, 6.07) is 0. The van der Waals surface area contributed by atoms with Crippen LogP contribution in [0.25, 0.3) is 0 Å². The van der Waals surface area contributed by atoms with E-state index in [0.717, 1.165) is 0 Å². The molecular weight excluding hydrogens is 184 g/mol. The van der Waals surface area contributed by atoms with Crippen LogP contribution >= 0.6 is 0 Å². The van der Waals surface area contributed by atoms with Crippen LogP contribution in [0.5, 0.6) is 0 Å². The molecule has 3 N–H and O–H groups in total. The van der Waals surface area contributed by atoms with Gasteiger partial charge >= 0.3 is 6.09 Å². The maximum atomic E-state index is 11.0. The second-order valence-electron chi connectivity index (χ2n) is 3.94. The Balaban J connectivity index is 3.78. The summed E-state index contributed by atoms with van der Waals surface area (Å²) in [5.41, 5.74) is 4.63. The molecule has 14 heavy (non-hydrogen) atoms. The van der Waals surface area contributed by atoms with Crippen LogP contribution in [0, 0.1) is 0 Å². The number of rotatable bonds is 3. The van der Waals surface area contributed by atoms with Gasteiger partial charge in [-0.25, -0.2) is 4.79 Å². The maximum absolute atomic E-state index is 11.0. The molecule has 0 saturated heterocycles. The predicted octanol–water partition coefficient (Wildman–Crippen LogP) is 0.777. The van der Waals surface area contributed by atoms with Crippen molar-refractivity contribution in [2.24, 2.45) is 5.73 Å². The Kier molecular flexibility index (Phi) is 5.15. The molecule has 0 saturated carbocycles. The first-order valence-electron chi connectivity index (χ1n) is 4.58. The molecule has 0 aromatic rings. The van der Waals surface area contributed by atoms with Gasteiger partial charge in [0.2, 0.25) is 5.91 Å². The van der Waals surface area contributed by atoms with Crippen LogP contribution in [0.4, 0.5) is 4.79 Å². The number of amides is 2. The van der Waals surface area contributed by atoms with Crippen molar-refractivity contribution < 1.29 is 14.3 Å². The number of nitrogens with one attached hydrogen (secondary N) is 1. The molecule has 5 heteroatoms. The van der Waals surface area contributed by atoms with Crippen molar-refractivity contribution in [1.29, 1.82) is 0 Å². The molecule has 0 aromatic carbocycles. The Bertz CT molecular complexity index is 209. The number of hydrogen-bond donors (Lipinski definition) is 2. The van der Waals surface area contributed by atoms with E-state index in [4.69, 9.17) is 10.5 Å². The largest absolute Gasteiger partial charge is 0.444 e. The predicted molar refractivity (Wildman–Crippen MR) is 52.7 cm³/mol. The fourth-order valence-corrected chi connectivity index (χ4v) is 0.743. The van der Waals surface area contributed by atoms with Crippen molar-refractivity contribution in [3.63, 3.8) is 0 Å². The van der Waals surface area contributed by atoms with Crippen LogP contribution in [-0.4, -0.2) is 24.1 Å². The van der Waals surface area contributed by atoms with Gasteiger partial charge in [0.1, 0.15) is 5.60 Å². The van der Waals surface area contributed by atoms with Crippen molar-refractivity contribution in [2.75, 3.05) is 6.54 Å². The van der Waals surface area contributed by atoms with Gasteiger partial charge in [-0.3, -0.25) is 10.1 Å². The average molecular weight is 202 g/mol. The summed E-state index contributed by atoms with van der Waals surface area (Å²) >= 11 is 0. The average Bonchev–Trinajstić information content (AvgIpc) is 1.96. The summed E-state index contributed by atoms with van der Waals surface area (Å²) in [7, 11) is 0. The van der Waals surface area contributed by atoms with Gasteiger partial charge in [0, 0.05) is 6.42 Å². The van der Waals surface area contributed by atoms with E-state index < -0.39 is 11.7 Å². The van der Waals surface area contributed by atoms with E-state index in [9.17, 15) is 9.59 Å². The topological polar surface area (TPSA) is 81.4 Å². The standard InChI is InChI=1S/C9H18N2O3/c1-9(2,3)14-8(13)11-7(12)5-4-6-10/h4-6,10H2,1-3H3,(H,11,12,13). The third-order valence-corrected chi connectivity index (χ3v) is 1.25. The lowest BCUT2D eigenvalue weighted by Gasteiger charge is -2.19. The lowest BCUT2D eigenvalue weighted by molar-refractivity contribution is -0.120. The lowest BCUT2D eigenvalue weighted by atomic mass is 10.2. The van der Waals surface area contributed by atoms with E-state index in [2.05, 4.69) is 5.32 Å². The Morgan fingerprint density at radius 3 is 2.36 bits per heavy atom. The Morgan fingerprint density at radius 1 is 1.36 bits per heavy atom. The highest BCUT2D eigenvalue weighted by atomic mass is 16.6. The minimum atomic E-state index is -0.709. The zero-order valence-electron chi connectivity index (χ0n) is 8.92. The quantitative estimate of drug-likeness (QED) is 0.708. The molecule has 0 radical (unpaired) electrons. The number of nitrogens with two attached hydrogens (primary N) is 1. The summed E-state index contributed by atoms with van der Waals surface area (Å²) in [6.07, 6.45) is 0.101. The molecule has 0 fully saturated rings. The van der Waals surface area contributed by atoms with Crippen LogP contribution in [-0.2, 0) is 9.53 Å². The third-order valence-electron chi connectivity index (χ3n) is 1.25. The fraction of sp³-hybridized carbons (Fsp3) is 0.778. The molecule has 5 nitrogen and oxygen atoms in total. The van der Waals surface area contributed by atoms with Crippen LogP contribution in [0.3, 0.4) is 0 Å².